The Hall–Kier alpha value is 0.130. The summed E-state index contributed by atoms with van der Waals surface area (Å²) in [5, 5.41) is 0. The molecule has 1 aliphatic heterocycles. The van der Waals surface area contributed by atoms with Crippen LogP contribution in [0.3, 0.4) is 0 Å². The van der Waals surface area contributed by atoms with Gasteiger partial charge in [0.1, 0.15) is 0 Å². The first-order valence-corrected chi connectivity index (χ1v) is 6.66. The molecule has 0 aromatic carbocycles. The van der Waals surface area contributed by atoms with Crippen LogP contribution in [0.1, 0.15) is 12.8 Å². The Bertz CT molecular complexity index is 275. The van der Waals surface area contributed by atoms with Crippen LogP contribution in [0.4, 0.5) is 0 Å². The summed E-state index contributed by atoms with van der Waals surface area (Å²) in [5.41, 5.74) is 0. The zero-order valence-corrected chi connectivity index (χ0v) is 11.3. The molecule has 0 aromatic rings. The Morgan fingerprint density at radius 2 is 2.47 bits per heavy atom. The van der Waals surface area contributed by atoms with Crippen molar-refractivity contribution in [1.82, 2.24) is 4.90 Å². The molecule has 2 rings (SSSR count). The second-order valence-electron chi connectivity index (χ2n) is 4.29. The van der Waals surface area contributed by atoms with E-state index in [0.717, 1.165) is 6.61 Å². The average Bonchev–Trinajstić information content (AvgIpc) is 2.80. The highest BCUT2D eigenvalue weighted by molar-refractivity contribution is 14.1. The van der Waals surface area contributed by atoms with E-state index in [1.807, 2.05) is 0 Å². The van der Waals surface area contributed by atoms with Crippen LogP contribution in [0.25, 0.3) is 0 Å². The minimum atomic E-state index is 0.628. The number of hydrogen-bond acceptors (Lipinski definition) is 2. The van der Waals surface area contributed by atoms with Crippen LogP contribution in [-0.2, 0) is 4.74 Å². The minimum Gasteiger partial charge on any atom is -0.383 e. The normalized spacial score (nSPS) is 31.2. The Balaban J connectivity index is 1.88. The molecular formula is C12H18INO. The largest absolute Gasteiger partial charge is 0.383 e. The molecule has 3 heteroatoms. The maximum Gasteiger partial charge on any atom is 0.0618 e. The van der Waals surface area contributed by atoms with Crippen LogP contribution in [0, 0.1) is 5.92 Å². The van der Waals surface area contributed by atoms with Crippen LogP contribution in [0.15, 0.2) is 21.8 Å². The summed E-state index contributed by atoms with van der Waals surface area (Å²) in [5.74, 6) is 0.628. The highest BCUT2D eigenvalue weighted by Crippen LogP contribution is 2.28. The van der Waals surface area contributed by atoms with Crippen molar-refractivity contribution >= 4 is 22.6 Å². The Morgan fingerprint density at radius 1 is 1.60 bits per heavy atom. The van der Waals surface area contributed by atoms with Gasteiger partial charge in [0.2, 0.25) is 0 Å². The quantitative estimate of drug-likeness (QED) is 0.739. The van der Waals surface area contributed by atoms with Crippen LogP contribution in [0.5, 0.6) is 0 Å². The lowest BCUT2D eigenvalue weighted by Crippen LogP contribution is -2.36. The Labute approximate surface area is 105 Å². The molecule has 2 aliphatic rings. The molecule has 0 amide bonds. The van der Waals surface area contributed by atoms with E-state index in [1.165, 1.54) is 29.5 Å². The van der Waals surface area contributed by atoms with Gasteiger partial charge in [0.25, 0.3) is 0 Å². The van der Waals surface area contributed by atoms with Gasteiger partial charge in [0, 0.05) is 25.6 Å². The van der Waals surface area contributed by atoms with E-state index in [-0.39, 0.29) is 0 Å². The lowest BCUT2D eigenvalue weighted by Gasteiger charge is -2.26. The van der Waals surface area contributed by atoms with Crippen LogP contribution >= 0.6 is 22.6 Å². The van der Waals surface area contributed by atoms with Gasteiger partial charge in [-0.15, -0.1) is 0 Å². The van der Waals surface area contributed by atoms with Crippen molar-refractivity contribution in [2.24, 2.45) is 5.92 Å². The third kappa shape index (κ3) is 2.82. The van der Waals surface area contributed by atoms with Gasteiger partial charge < -0.3 is 4.74 Å². The predicted octanol–water partition coefficient (Wildman–Crippen LogP) is 2.60. The molecular weight excluding hydrogens is 301 g/mol. The molecule has 0 spiro atoms. The fourth-order valence-corrected chi connectivity index (χ4v) is 3.03. The maximum absolute atomic E-state index is 5.27. The zero-order valence-electron chi connectivity index (χ0n) is 9.16. The van der Waals surface area contributed by atoms with Crippen molar-refractivity contribution in [1.29, 1.82) is 0 Å². The van der Waals surface area contributed by atoms with Crippen molar-refractivity contribution in [2.75, 3.05) is 26.8 Å². The van der Waals surface area contributed by atoms with Crippen LogP contribution in [-0.4, -0.2) is 37.7 Å². The van der Waals surface area contributed by atoms with Gasteiger partial charge in [0.15, 0.2) is 0 Å². The summed E-state index contributed by atoms with van der Waals surface area (Å²) in [6, 6.07) is 0.646. The van der Waals surface area contributed by atoms with E-state index in [2.05, 4.69) is 45.7 Å². The summed E-state index contributed by atoms with van der Waals surface area (Å²) in [6.45, 7) is 3.29. The van der Waals surface area contributed by atoms with Crippen LogP contribution < -0.4 is 0 Å². The number of methoxy groups -OCH3 is 1. The summed E-state index contributed by atoms with van der Waals surface area (Å²) >= 11 is 2.45. The second kappa shape index (κ2) is 5.46. The van der Waals surface area contributed by atoms with Crippen molar-refractivity contribution in [2.45, 2.75) is 18.9 Å². The maximum atomic E-state index is 5.27. The Kier molecular flexibility index (Phi) is 4.22. The summed E-state index contributed by atoms with van der Waals surface area (Å²) in [4.78, 5) is 2.58. The fourth-order valence-electron chi connectivity index (χ4n) is 2.41. The van der Waals surface area contributed by atoms with E-state index < -0.39 is 0 Å². The lowest BCUT2D eigenvalue weighted by molar-refractivity contribution is 0.112. The highest BCUT2D eigenvalue weighted by Gasteiger charge is 2.27. The molecule has 1 saturated heterocycles. The van der Waals surface area contributed by atoms with Gasteiger partial charge in [0.05, 0.1) is 6.61 Å². The standard InChI is InChI=1S/C12H18INO/c1-15-9-11-5-3-7-14(11)8-10-4-2-6-12(10)13/h2,4,6,10-11H,3,5,7-9H2,1H3/t10?,11-/m0/s1. The van der Waals surface area contributed by atoms with Gasteiger partial charge >= 0.3 is 0 Å². The summed E-state index contributed by atoms with van der Waals surface area (Å²) < 4.78 is 6.74. The molecule has 1 heterocycles. The van der Waals surface area contributed by atoms with Gasteiger partial charge in [-0.1, -0.05) is 18.2 Å². The monoisotopic (exact) mass is 319 g/mol. The van der Waals surface area contributed by atoms with E-state index in [4.69, 9.17) is 4.74 Å². The number of halogens is 1. The number of hydrogen-bond donors (Lipinski definition) is 0. The van der Waals surface area contributed by atoms with Crippen LogP contribution in [0.2, 0.25) is 0 Å². The van der Waals surface area contributed by atoms with E-state index in [0.29, 0.717) is 12.0 Å². The first-order valence-electron chi connectivity index (χ1n) is 5.58. The van der Waals surface area contributed by atoms with Gasteiger partial charge in [-0.05, 0) is 45.6 Å². The number of allylic oxidation sites excluding steroid dienone is 2. The van der Waals surface area contributed by atoms with Crippen molar-refractivity contribution < 1.29 is 4.74 Å². The lowest BCUT2D eigenvalue weighted by atomic mass is 10.1. The molecule has 0 saturated carbocycles. The molecule has 0 bridgehead atoms. The number of ether oxygens (including phenoxy) is 1. The second-order valence-corrected chi connectivity index (χ2v) is 5.53. The molecule has 2 atom stereocenters. The minimum absolute atomic E-state index is 0.628. The SMILES string of the molecule is COC[C@@H]1CCCN1CC1C=CC=C1I. The molecule has 2 nitrogen and oxygen atoms in total. The van der Waals surface area contributed by atoms with E-state index in [9.17, 15) is 0 Å². The van der Waals surface area contributed by atoms with Gasteiger partial charge in [-0.25, -0.2) is 0 Å². The average molecular weight is 319 g/mol. The molecule has 84 valence electrons. The summed E-state index contributed by atoms with van der Waals surface area (Å²) in [7, 11) is 1.80. The van der Waals surface area contributed by atoms with Crippen molar-refractivity contribution in [3.63, 3.8) is 0 Å². The smallest absolute Gasteiger partial charge is 0.0618 e. The fraction of sp³-hybridized carbons (Fsp3) is 0.667. The van der Waals surface area contributed by atoms with Gasteiger partial charge in [-0.2, -0.15) is 0 Å². The number of likely N-dealkylation sites (tertiary alicyclic amines) is 1. The molecule has 0 aromatic heterocycles. The molecule has 1 unspecified atom stereocenters. The van der Waals surface area contributed by atoms with Gasteiger partial charge in [-0.3, -0.25) is 4.90 Å². The number of nitrogens with zero attached hydrogens (tertiary/aromatic N) is 1. The van der Waals surface area contributed by atoms with E-state index >= 15 is 0 Å². The van der Waals surface area contributed by atoms with E-state index in [1.54, 1.807) is 7.11 Å². The molecule has 1 fully saturated rings. The third-order valence-electron chi connectivity index (χ3n) is 3.24. The highest BCUT2D eigenvalue weighted by atomic mass is 127. The Morgan fingerprint density at radius 3 is 3.13 bits per heavy atom. The molecule has 1 aliphatic carbocycles. The topological polar surface area (TPSA) is 12.5 Å². The number of rotatable bonds is 4. The summed E-state index contributed by atoms with van der Waals surface area (Å²) in [6.07, 6.45) is 9.32. The molecule has 0 radical (unpaired) electrons. The zero-order chi connectivity index (χ0) is 10.7. The third-order valence-corrected chi connectivity index (χ3v) is 4.40. The molecule has 0 N–H and O–H groups in total. The first kappa shape index (κ1) is 11.6. The predicted molar refractivity (Wildman–Crippen MR) is 71.2 cm³/mol. The molecule has 15 heavy (non-hydrogen) atoms. The van der Waals surface area contributed by atoms with Crippen molar-refractivity contribution in [3.8, 4) is 0 Å². The first-order chi connectivity index (χ1) is 7.31. The van der Waals surface area contributed by atoms with Crippen molar-refractivity contribution in [3.05, 3.63) is 21.8 Å².